The van der Waals surface area contributed by atoms with Crippen LogP contribution in [0.5, 0.6) is 0 Å². The van der Waals surface area contributed by atoms with Gasteiger partial charge in [-0.05, 0) is 0 Å². The molecule has 2 heteroatoms. The molecule has 9 heavy (non-hydrogen) atoms. The quantitative estimate of drug-likeness (QED) is 0.607. The van der Waals surface area contributed by atoms with E-state index in [2.05, 4.69) is 13.8 Å². The van der Waals surface area contributed by atoms with Gasteiger partial charge in [-0.3, -0.25) is 0 Å². The molecule has 1 unspecified atom stereocenters. The van der Waals surface area contributed by atoms with E-state index < -0.39 is 0 Å². The molecule has 0 aromatic heterocycles. The summed E-state index contributed by atoms with van der Waals surface area (Å²) in [7, 11) is 0. The van der Waals surface area contributed by atoms with Gasteiger partial charge in [-0.1, -0.05) is 0 Å². The molecule has 0 aromatic rings. The van der Waals surface area contributed by atoms with Crippen molar-refractivity contribution in [1.29, 1.82) is 0 Å². The average Bonchev–Trinajstić information content (AvgIpc) is 1.83. The second-order valence-corrected chi connectivity index (χ2v) is 4.84. The van der Waals surface area contributed by atoms with Crippen LogP contribution in [0.3, 0.4) is 0 Å². The number of rotatable bonds is 4. The maximum Gasteiger partial charge on any atom is -1.00 e. The zero-order valence-electron chi connectivity index (χ0n) is 6.49. The van der Waals surface area contributed by atoms with Crippen molar-refractivity contribution in [2.45, 2.75) is 44.0 Å². The summed E-state index contributed by atoms with van der Waals surface area (Å²) in [6, 6.07) is 0. The third kappa shape index (κ3) is 9.10. The van der Waals surface area contributed by atoms with Gasteiger partial charge in [0.1, 0.15) is 0 Å². The van der Waals surface area contributed by atoms with Crippen LogP contribution >= 0.6 is 0 Å². The summed E-state index contributed by atoms with van der Waals surface area (Å²) >= 11 is 1.50. The van der Waals surface area contributed by atoms with Gasteiger partial charge in [0.25, 0.3) is 0 Å². The van der Waals surface area contributed by atoms with E-state index in [-0.39, 0.29) is 17.0 Å². The third-order valence-electron chi connectivity index (χ3n) is 1.54. The summed E-state index contributed by atoms with van der Waals surface area (Å²) in [5, 5.41) is 0. The molecule has 1 atom stereocenters. The predicted octanol–water partition coefficient (Wildman–Crippen LogP) is -0.0741. The number of hydrogen-bond acceptors (Lipinski definition) is 0. The molecule has 0 rings (SSSR count). The molecule has 0 radical (unpaired) electrons. The van der Waals surface area contributed by atoms with Crippen molar-refractivity contribution >= 4 is 0 Å². The van der Waals surface area contributed by atoms with Crippen molar-refractivity contribution in [3.8, 4) is 0 Å². The normalized spacial score (nSPS) is 12.4. The largest absolute Gasteiger partial charge is 1.00 e. The van der Waals surface area contributed by atoms with Crippen molar-refractivity contribution in [1.82, 2.24) is 0 Å². The minimum atomic E-state index is 0. The molecule has 0 saturated carbocycles. The van der Waals surface area contributed by atoms with Gasteiger partial charge in [0, 0.05) is 0 Å². The fraction of sp³-hybridized carbons (Fsp3) is 1.00. The third-order valence-corrected chi connectivity index (χ3v) is 3.61. The molecule has 0 aromatic carbocycles. The number of halogens is 1. The van der Waals surface area contributed by atoms with Gasteiger partial charge in [0.05, 0.1) is 0 Å². The van der Waals surface area contributed by atoms with Crippen molar-refractivity contribution in [3.63, 3.8) is 0 Å². The van der Waals surface area contributed by atoms with E-state index in [1.54, 1.807) is 0 Å². The number of unbranched alkanes of at least 4 members (excludes halogenated alkanes) is 1. The standard InChI is InChI=1S/C7H15.BrH.Zn/c1-3-5-7-6-4-2;;/h5H,3-4,6-7H2,1-2H3;1H;/q;;+1/p-1. The van der Waals surface area contributed by atoms with Crippen LogP contribution in [-0.2, 0) is 18.3 Å². The first kappa shape index (κ1) is 12.8. The maximum absolute atomic E-state index is 2.30. The Kier molecular flexibility index (Phi) is 12.9. The van der Waals surface area contributed by atoms with Gasteiger partial charge in [-0.2, -0.15) is 0 Å². The molecule has 0 saturated heterocycles. The molecular weight excluding hydrogens is 229 g/mol. The van der Waals surface area contributed by atoms with Crippen LogP contribution < -0.4 is 17.0 Å². The Balaban J connectivity index is 0. The van der Waals surface area contributed by atoms with Gasteiger partial charge in [-0.25, -0.2) is 0 Å². The van der Waals surface area contributed by atoms with E-state index in [0.717, 1.165) is 4.51 Å². The Bertz CT molecular complexity index is 48.2. The van der Waals surface area contributed by atoms with Crippen molar-refractivity contribution in [3.05, 3.63) is 0 Å². The summed E-state index contributed by atoms with van der Waals surface area (Å²) in [5.41, 5.74) is 0. The minimum Gasteiger partial charge on any atom is -1.00 e. The Morgan fingerprint density at radius 1 is 1.33 bits per heavy atom. The minimum absolute atomic E-state index is 0. The molecule has 0 nitrogen and oxygen atoms in total. The fourth-order valence-corrected chi connectivity index (χ4v) is 1.30. The van der Waals surface area contributed by atoms with Crippen LogP contribution in [0.25, 0.3) is 0 Å². The first-order valence-electron chi connectivity index (χ1n) is 3.64. The first-order chi connectivity index (χ1) is 3.81. The molecule has 52 valence electrons. The molecule has 0 aliphatic carbocycles. The van der Waals surface area contributed by atoms with E-state index in [9.17, 15) is 0 Å². The van der Waals surface area contributed by atoms with E-state index in [0.29, 0.717) is 0 Å². The monoisotopic (exact) mass is 242 g/mol. The molecule has 0 N–H and O–H groups in total. The Morgan fingerprint density at radius 3 is 2.22 bits per heavy atom. The van der Waals surface area contributed by atoms with Gasteiger partial charge in [-0.15, -0.1) is 0 Å². The van der Waals surface area contributed by atoms with Gasteiger partial charge in [0.15, 0.2) is 0 Å². The van der Waals surface area contributed by atoms with E-state index in [1.807, 2.05) is 0 Å². The maximum atomic E-state index is 2.30. The molecular formula is C7H15BrZn. The molecule has 0 spiro atoms. The van der Waals surface area contributed by atoms with E-state index >= 15 is 0 Å². The second-order valence-electron chi connectivity index (χ2n) is 2.42. The molecule has 0 fully saturated rings. The summed E-state index contributed by atoms with van der Waals surface area (Å²) in [5.74, 6) is 0. The summed E-state index contributed by atoms with van der Waals surface area (Å²) in [6.45, 7) is 4.56. The van der Waals surface area contributed by atoms with Crippen LogP contribution in [0.4, 0.5) is 0 Å². The van der Waals surface area contributed by atoms with E-state index in [4.69, 9.17) is 0 Å². The molecule has 0 amide bonds. The molecule has 0 aliphatic heterocycles. The topological polar surface area (TPSA) is 0 Å². The smallest absolute Gasteiger partial charge is 1.00 e. The Labute approximate surface area is 79.2 Å². The molecule has 0 heterocycles. The van der Waals surface area contributed by atoms with Crippen LogP contribution in [0.15, 0.2) is 0 Å². The fourth-order valence-electron chi connectivity index (χ4n) is 0.697. The van der Waals surface area contributed by atoms with Gasteiger partial charge in [0.2, 0.25) is 0 Å². The summed E-state index contributed by atoms with van der Waals surface area (Å²) in [6.07, 6.45) is 5.70. The second kappa shape index (κ2) is 9.10. The predicted molar refractivity (Wildman–Crippen MR) is 33.6 cm³/mol. The summed E-state index contributed by atoms with van der Waals surface area (Å²) < 4.78 is 1.08. The van der Waals surface area contributed by atoms with Gasteiger partial charge < -0.3 is 17.0 Å². The van der Waals surface area contributed by atoms with Crippen LogP contribution in [0.1, 0.15) is 39.5 Å². The first-order valence-corrected chi connectivity index (χ1v) is 5.35. The Morgan fingerprint density at radius 2 is 1.89 bits per heavy atom. The molecule has 0 bridgehead atoms. The SMILES string of the molecule is CCCC[CH]([Zn+])CC.[Br-]. The van der Waals surface area contributed by atoms with Crippen LogP contribution in [0, 0.1) is 0 Å². The van der Waals surface area contributed by atoms with Crippen molar-refractivity contribution < 1.29 is 35.3 Å². The van der Waals surface area contributed by atoms with E-state index in [1.165, 1.54) is 44.0 Å². The Hall–Kier alpha value is 1.10. The molecule has 0 aliphatic rings. The zero-order chi connectivity index (χ0) is 6.41. The number of hydrogen-bond donors (Lipinski definition) is 0. The van der Waals surface area contributed by atoms with Crippen molar-refractivity contribution in [2.24, 2.45) is 0 Å². The summed E-state index contributed by atoms with van der Waals surface area (Å²) in [4.78, 5) is 0. The van der Waals surface area contributed by atoms with Crippen LogP contribution in [0.2, 0.25) is 4.51 Å². The van der Waals surface area contributed by atoms with Crippen molar-refractivity contribution in [2.75, 3.05) is 0 Å². The zero-order valence-corrected chi connectivity index (χ0v) is 11.0. The van der Waals surface area contributed by atoms with Crippen LogP contribution in [-0.4, -0.2) is 0 Å². The average molecular weight is 244 g/mol. The van der Waals surface area contributed by atoms with Gasteiger partial charge >= 0.3 is 62.3 Å².